The molecule has 0 saturated carbocycles. The number of nitrogens with zero attached hydrogens (tertiary/aromatic N) is 1. The van der Waals surface area contributed by atoms with Crippen molar-refractivity contribution in [2.45, 2.75) is 34.6 Å². The molecule has 0 fully saturated rings. The average molecular weight is 199 g/mol. The fourth-order valence-electron chi connectivity index (χ4n) is 1.27. The summed E-state index contributed by atoms with van der Waals surface area (Å²) in [6.07, 6.45) is 0. The number of carbonyl (C=O) groups is 2. The molecule has 0 aliphatic rings. The molecular formula is C11H21NO2. The minimum atomic E-state index is -0.664. The van der Waals surface area contributed by atoms with Crippen molar-refractivity contribution in [3.8, 4) is 0 Å². The van der Waals surface area contributed by atoms with Crippen molar-refractivity contribution in [3.05, 3.63) is 0 Å². The highest BCUT2D eigenvalue weighted by molar-refractivity contribution is 5.92. The molecule has 0 heterocycles. The van der Waals surface area contributed by atoms with Gasteiger partial charge >= 0.3 is 0 Å². The average Bonchev–Trinajstić information content (AvgIpc) is 2.01. The second kappa shape index (κ2) is 3.71. The van der Waals surface area contributed by atoms with Gasteiger partial charge in [0.1, 0.15) is 5.78 Å². The Morgan fingerprint density at radius 1 is 0.929 bits per heavy atom. The largest absolute Gasteiger partial charge is 0.348 e. The van der Waals surface area contributed by atoms with Crippen molar-refractivity contribution in [1.29, 1.82) is 0 Å². The van der Waals surface area contributed by atoms with Crippen molar-refractivity contribution in [2.75, 3.05) is 14.1 Å². The molecule has 3 nitrogen and oxygen atoms in total. The van der Waals surface area contributed by atoms with Crippen LogP contribution >= 0.6 is 0 Å². The molecule has 0 aromatic rings. The molecule has 0 aromatic carbocycles. The number of rotatable bonds is 3. The van der Waals surface area contributed by atoms with E-state index in [1.807, 2.05) is 27.7 Å². The Kier molecular flexibility index (Phi) is 3.49. The predicted molar refractivity (Wildman–Crippen MR) is 56.9 cm³/mol. The molecule has 0 saturated heterocycles. The topological polar surface area (TPSA) is 37.4 Å². The van der Waals surface area contributed by atoms with Gasteiger partial charge in [0.25, 0.3) is 0 Å². The van der Waals surface area contributed by atoms with Crippen molar-refractivity contribution >= 4 is 11.7 Å². The summed E-state index contributed by atoms with van der Waals surface area (Å²) in [7, 11) is 3.42. The van der Waals surface area contributed by atoms with Crippen LogP contribution in [0, 0.1) is 10.8 Å². The summed E-state index contributed by atoms with van der Waals surface area (Å²) in [6, 6.07) is 0. The van der Waals surface area contributed by atoms with Crippen LogP contribution in [-0.4, -0.2) is 30.7 Å². The van der Waals surface area contributed by atoms with Crippen LogP contribution in [0.3, 0.4) is 0 Å². The Balaban J connectivity index is 5.14. The molecule has 14 heavy (non-hydrogen) atoms. The van der Waals surface area contributed by atoms with Crippen molar-refractivity contribution < 1.29 is 9.59 Å². The van der Waals surface area contributed by atoms with Crippen molar-refractivity contribution in [2.24, 2.45) is 10.8 Å². The van der Waals surface area contributed by atoms with Gasteiger partial charge in [0.05, 0.1) is 5.41 Å². The lowest BCUT2D eigenvalue weighted by molar-refractivity contribution is -0.150. The van der Waals surface area contributed by atoms with Crippen LogP contribution < -0.4 is 0 Å². The van der Waals surface area contributed by atoms with E-state index in [1.54, 1.807) is 14.1 Å². The zero-order chi connectivity index (χ0) is 11.7. The van der Waals surface area contributed by atoms with Crippen LogP contribution in [0.25, 0.3) is 0 Å². The third-order valence-electron chi connectivity index (χ3n) is 3.38. The van der Waals surface area contributed by atoms with E-state index >= 15 is 0 Å². The normalized spacial score (nSPS) is 12.5. The van der Waals surface area contributed by atoms with Crippen LogP contribution in [0.4, 0.5) is 0 Å². The third kappa shape index (κ3) is 1.97. The van der Waals surface area contributed by atoms with Gasteiger partial charge in [-0.3, -0.25) is 9.59 Å². The molecule has 0 unspecified atom stereocenters. The van der Waals surface area contributed by atoms with Gasteiger partial charge in [-0.05, 0) is 6.92 Å². The van der Waals surface area contributed by atoms with E-state index in [2.05, 4.69) is 0 Å². The SMILES string of the molecule is CC(=O)C(C)(C)C(C)(C)C(=O)N(C)C. The van der Waals surface area contributed by atoms with E-state index in [0.717, 1.165) is 0 Å². The third-order valence-corrected chi connectivity index (χ3v) is 3.38. The van der Waals surface area contributed by atoms with Gasteiger partial charge in [-0.15, -0.1) is 0 Å². The Hall–Kier alpha value is -0.860. The minimum absolute atomic E-state index is 0.0160. The molecule has 0 rings (SSSR count). The monoisotopic (exact) mass is 199 g/mol. The number of ketones is 1. The first-order valence-corrected chi connectivity index (χ1v) is 4.78. The zero-order valence-electron chi connectivity index (χ0n) is 10.3. The second-order valence-electron chi connectivity index (χ2n) is 5.01. The lowest BCUT2D eigenvalue weighted by Crippen LogP contribution is -2.48. The highest BCUT2D eigenvalue weighted by atomic mass is 16.2. The molecule has 0 aliphatic heterocycles. The van der Waals surface area contributed by atoms with E-state index in [1.165, 1.54) is 11.8 Å². The lowest BCUT2D eigenvalue weighted by atomic mass is 9.65. The maximum atomic E-state index is 11.9. The predicted octanol–water partition coefficient (Wildman–Crippen LogP) is 1.72. The number of carbonyl (C=O) groups excluding carboxylic acids is 2. The molecule has 1 amide bonds. The number of hydrogen-bond donors (Lipinski definition) is 0. The molecule has 0 atom stereocenters. The van der Waals surface area contributed by atoms with Crippen LogP contribution in [0.5, 0.6) is 0 Å². The molecule has 0 spiro atoms. The van der Waals surface area contributed by atoms with Crippen molar-refractivity contribution in [3.63, 3.8) is 0 Å². The van der Waals surface area contributed by atoms with Crippen molar-refractivity contribution in [1.82, 2.24) is 4.90 Å². The fourth-order valence-corrected chi connectivity index (χ4v) is 1.27. The van der Waals surface area contributed by atoms with Gasteiger partial charge in [-0.2, -0.15) is 0 Å². The molecule has 0 bridgehead atoms. The molecule has 0 aliphatic carbocycles. The lowest BCUT2D eigenvalue weighted by Gasteiger charge is -2.39. The first-order chi connectivity index (χ1) is 6.05. The van der Waals surface area contributed by atoms with E-state index in [9.17, 15) is 9.59 Å². The summed E-state index contributed by atoms with van der Waals surface area (Å²) in [4.78, 5) is 24.9. The zero-order valence-corrected chi connectivity index (χ0v) is 10.3. The molecular weight excluding hydrogens is 178 g/mol. The summed E-state index contributed by atoms with van der Waals surface area (Å²) in [6.45, 7) is 8.80. The Morgan fingerprint density at radius 2 is 1.29 bits per heavy atom. The Bertz CT molecular complexity index is 252. The van der Waals surface area contributed by atoms with Gasteiger partial charge in [-0.1, -0.05) is 27.7 Å². The maximum absolute atomic E-state index is 11.9. The summed E-state index contributed by atoms with van der Waals surface area (Å²) < 4.78 is 0. The van der Waals surface area contributed by atoms with E-state index in [0.29, 0.717) is 0 Å². The van der Waals surface area contributed by atoms with Crippen LogP contribution in [0.15, 0.2) is 0 Å². The standard InChI is InChI=1S/C11H21NO2/c1-8(13)10(2,3)11(4,5)9(14)12(6)7/h1-7H3. The van der Waals surface area contributed by atoms with E-state index < -0.39 is 10.8 Å². The number of amides is 1. The summed E-state index contributed by atoms with van der Waals surface area (Å²) in [5.41, 5.74) is -1.29. The molecule has 82 valence electrons. The summed E-state index contributed by atoms with van der Waals surface area (Å²) in [5.74, 6) is 0.0235. The van der Waals surface area contributed by atoms with Crippen LogP contribution in [0.2, 0.25) is 0 Å². The highest BCUT2D eigenvalue weighted by Gasteiger charge is 2.46. The Labute approximate surface area is 86.5 Å². The smallest absolute Gasteiger partial charge is 0.228 e. The van der Waals surface area contributed by atoms with Gasteiger partial charge < -0.3 is 4.90 Å². The van der Waals surface area contributed by atoms with Crippen LogP contribution in [-0.2, 0) is 9.59 Å². The molecule has 0 N–H and O–H groups in total. The quantitative estimate of drug-likeness (QED) is 0.694. The summed E-state index contributed by atoms with van der Waals surface area (Å²) in [5, 5.41) is 0. The first-order valence-electron chi connectivity index (χ1n) is 4.78. The van der Waals surface area contributed by atoms with E-state index in [4.69, 9.17) is 0 Å². The number of hydrogen-bond acceptors (Lipinski definition) is 2. The van der Waals surface area contributed by atoms with Crippen LogP contribution in [0.1, 0.15) is 34.6 Å². The second-order valence-corrected chi connectivity index (χ2v) is 5.01. The first kappa shape index (κ1) is 13.1. The summed E-state index contributed by atoms with van der Waals surface area (Å²) >= 11 is 0. The molecule has 3 heteroatoms. The number of Topliss-reactive ketones (excluding diaryl/α,β-unsaturated/α-hetero) is 1. The Morgan fingerprint density at radius 3 is 1.50 bits per heavy atom. The molecule has 0 aromatic heterocycles. The van der Waals surface area contributed by atoms with Gasteiger partial charge in [0.2, 0.25) is 5.91 Å². The highest BCUT2D eigenvalue weighted by Crippen LogP contribution is 2.40. The van der Waals surface area contributed by atoms with Gasteiger partial charge in [-0.25, -0.2) is 0 Å². The van der Waals surface area contributed by atoms with E-state index in [-0.39, 0.29) is 11.7 Å². The van der Waals surface area contributed by atoms with Gasteiger partial charge in [0.15, 0.2) is 0 Å². The van der Waals surface area contributed by atoms with Gasteiger partial charge in [0, 0.05) is 19.5 Å². The fraction of sp³-hybridized carbons (Fsp3) is 0.818. The molecule has 0 radical (unpaired) electrons. The minimum Gasteiger partial charge on any atom is -0.348 e. The maximum Gasteiger partial charge on any atom is 0.228 e.